The fourth-order valence-electron chi connectivity index (χ4n) is 3.94. The minimum Gasteiger partial charge on any atom is -0.351 e. The molecule has 3 aromatic rings. The molecule has 0 fully saturated rings. The second-order valence-corrected chi connectivity index (χ2v) is 10.5. The molecule has 0 aliphatic rings. The summed E-state index contributed by atoms with van der Waals surface area (Å²) in [5, 5.41) is 3.35. The van der Waals surface area contributed by atoms with Crippen molar-refractivity contribution in [3.8, 4) is 0 Å². The molecule has 1 N–H and O–H groups in total. The van der Waals surface area contributed by atoms with Gasteiger partial charge < -0.3 is 5.32 Å². The van der Waals surface area contributed by atoms with Crippen LogP contribution in [0.1, 0.15) is 27.8 Å². The second-order valence-electron chi connectivity index (χ2n) is 8.17. The molecular weight excluding hydrogens is 456 g/mol. The van der Waals surface area contributed by atoms with E-state index in [1.807, 2.05) is 67.6 Å². The van der Waals surface area contributed by atoms with Gasteiger partial charge in [-0.2, -0.15) is 4.31 Å². The van der Waals surface area contributed by atoms with Crippen molar-refractivity contribution in [3.05, 3.63) is 99.6 Å². The molecule has 3 rings (SSSR count). The summed E-state index contributed by atoms with van der Waals surface area (Å²) in [7, 11) is -3.89. The summed E-state index contributed by atoms with van der Waals surface area (Å²) in [6.45, 7) is 5.67. The number of aryl methyl sites for hydroxylation is 3. The van der Waals surface area contributed by atoms with E-state index in [0.717, 1.165) is 16.7 Å². The van der Waals surface area contributed by atoms with Crippen LogP contribution in [0.5, 0.6) is 0 Å². The van der Waals surface area contributed by atoms with Crippen LogP contribution in [0.25, 0.3) is 0 Å². The average molecular weight is 485 g/mol. The first-order valence-corrected chi connectivity index (χ1v) is 12.6. The molecular formula is C26H29ClN2O3S. The van der Waals surface area contributed by atoms with Gasteiger partial charge in [-0.3, -0.25) is 4.79 Å². The van der Waals surface area contributed by atoms with Crippen LogP contribution >= 0.6 is 11.6 Å². The van der Waals surface area contributed by atoms with Gasteiger partial charge >= 0.3 is 0 Å². The van der Waals surface area contributed by atoms with Crippen LogP contribution in [0, 0.1) is 20.8 Å². The van der Waals surface area contributed by atoms with Crippen LogP contribution in [-0.4, -0.2) is 31.7 Å². The van der Waals surface area contributed by atoms with Crippen molar-refractivity contribution in [2.75, 3.05) is 13.1 Å². The predicted molar refractivity (Wildman–Crippen MR) is 133 cm³/mol. The van der Waals surface area contributed by atoms with Crippen molar-refractivity contribution < 1.29 is 13.2 Å². The molecule has 7 heteroatoms. The predicted octanol–water partition coefficient (Wildman–Crippen LogP) is 4.82. The van der Waals surface area contributed by atoms with Crippen LogP contribution in [0.2, 0.25) is 5.02 Å². The van der Waals surface area contributed by atoms with Gasteiger partial charge in [0.15, 0.2) is 0 Å². The molecule has 0 aromatic heterocycles. The van der Waals surface area contributed by atoms with E-state index in [4.69, 9.17) is 11.6 Å². The third kappa shape index (κ3) is 6.44. The smallest absolute Gasteiger partial charge is 0.244 e. The van der Waals surface area contributed by atoms with Gasteiger partial charge in [0.25, 0.3) is 0 Å². The summed E-state index contributed by atoms with van der Waals surface area (Å²) in [5.74, 6) is -0.381. The molecule has 0 bridgehead atoms. The Morgan fingerprint density at radius 2 is 1.55 bits per heavy atom. The van der Waals surface area contributed by atoms with Gasteiger partial charge in [0.05, 0.1) is 11.4 Å². The summed E-state index contributed by atoms with van der Waals surface area (Å²) in [6.07, 6.45) is 0.502. The van der Waals surface area contributed by atoms with E-state index in [9.17, 15) is 13.2 Å². The topological polar surface area (TPSA) is 66.5 Å². The lowest BCUT2D eigenvalue weighted by atomic mass is 10.1. The van der Waals surface area contributed by atoms with E-state index in [0.29, 0.717) is 22.6 Å². The number of nitrogens with one attached hydrogen (secondary N) is 1. The van der Waals surface area contributed by atoms with Gasteiger partial charge in [-0.15, -0.1) is 0 Å². The van der Waals surface area contributed by atoms with Gasteiger partial charge in [-0.25, -0.2) is 8.42 Å². The SMILES string of the molecule is Cc1cc(C)c(S(=O)(=O)N(CCc2ccccc2)CC(=O)NCc2ccccc2Cl)c(C)c1. The molecule has 0 radical (unpaired) electrons. The molecule has 3 aromatic carbocycles. The molecule has 0 aliphatic carbocycles. The Morgan fingerprint density at radius 3 is 2.18 bits per heavy atom. The summed E-state index contributed by atoms with van der Waals surface area (Å²) >= 11 is 6.17. The first kappa shape index (κ1) is 25.0. The summed E-state index contributed by atoms with van der Waals surface area (Å²) in [5.41, 5.74) is 4.13. The summed E-state index contributed by atoms with van der Waals surface area (Å²) in [6, 6.07) is 20.6. The first-order valence-electron chi connectivity index (χ1n) is 10.8. The Labute approximate surface area is 201 Å². The van der Waals surface area contributed by atoms with Crippen molar-refractivity contribution in [1.29, 1.82) is 0 Å². The zero-order valence-electron chi connectivity index (χ0n) is 19.1. The van der Waals surface area contributed by atoms with Gasteiger partial charge in [0, 0.05) is 18.1 Å². The summed E-state index contributed by atoms with van der Waals surface area (Å²) < 4.78 is 28.7. The fourth-order valence-corrected chi connectivity index (χ4v) is 5.95. The zero-order chi connectivity index (χ0) is 24.0. The second kappa shape index (κ2) is 11.0. The Balaban J connectivity index is 1.84. The molecule has 5 nitrogen and oxygen atoms in total. The van der Waals surface area contributed by atoms with Gasteiger partial charge in [-0.05, 0) is 55.5 Å². The molecule has 0 saturated heterocycles. The molecule has 0 aliphatic heterocycles. The van der Waals surface area contributed by atoms with Crippen molar-refractivity contribution in [2.45, 2.75) is 38.6 Å². The van der Waals surface area contributed by atoms with Gasteiger partial charge in [0.2, 0.25) is 15.9 Å². The normalized spacial score (nSPS) is 11.5. The molecule has 174 valence electrons. The number of benzene rings is 3. The van der Waals surface area contributed by atoms with E-state index >= 15 is 0 Å². The van der Waals surface area contributed by atoms with Gasteiger partial charge in [0.1, 0.15) is 0 Å². The van der Waals surface area contributed by atoms with Crippen LogP contribution in [0.4, 0.5) is 0 Å². The maximum Gasteiger partial charge on any atom is 0.244 e. The minimum absolute atomic E-state index is 0.193. The number of carbonyl (C=O) groups excluding carboxylic acids is 1. The number of halogens is 1. The zero-order valence-corrected chi connectivity index (χ0v) is 20.7. The number of nitrogens with zero attached hydrogens (tertiary/aromatic N) is 1. The summed E-state index contributed by atoms with van der Waals surface area (Å²) in [4.78, 5) is 13.1. The largest absolute Gasteiger partial charge is 0.351 e. The molecule has 33 heavy (non-hydrogen) atoms. The monoisotopic (exact) mass is 484 g/mol. The number of rotatable bonds is 9. The van der Waals surface area contributed by atoms with Crippen molar-refractivity contribution >= 4 is 27.5 Å². The maximum atomic E-state index is 13.7. The van der Waals surface area contributed by atoms with Crippen LogP contribution in [0.15, 0.2) is 71.6 Å². The van der Waals surface area contributed by atoms with E-state index in [1.54, 1.807) is 19.9 Å². The van der Waals surface area contributed by atoms with Crippen LogP contribution in [-0.2, 0) is 27.8 Å². The standard InChI is InChI=1S/C26H29ClN2O3S/c1-19-15-20(2)26(21(3)16-19)33(31,32)29(14-13-22-9-5-4-6-10-22)18-25(30)28-17-23-11-7-8-12-24(23)27/h4-12,15-16H,13-14,17-18H2,1-3H3,(H,28,30). The Bertz CT molecular complexity index is 1200. The first-order chi connectivity index (χ1) is 15.7. The number of hydrogen-bond donors (Lipinski definition) is 1. The molecule has 0 spiro atoms. The molecule has 0 saturated carbocycles. The van der Waals surface area contributed by atoms with Crippen LogP contribution in [0.3, 0.4) is 0 Å². The van der Waals surface area contributed by atoms with E-state index < -0.39 is 10.0 Å². The number of carbonyl (C=O) groups is 1. The van der Waals surface area contributed by atoms with Crippen molar-refractivity contribution in [2.24, 2.45) is 0 Å². The van der Waals surface area contributed by atoms with Crippen molar-refractivity contribution in [3.63, 3.8) is 0 Å². The van der Waals surface area contributed by atoms with E-state index in [1.165, 1.54) is 4.31 Å². The quantitative estimate of drug-likeness (QED) is 0.473. The Morgan fingerprint density at radius 1 is 0.939 bits per heavy atom. The van der Waals surface area contributed by atoms with Gasteiger partial charge in [-0.1, -0.05) is 77.8 Å². The lowest BCUT2D eigenvalue weighted by molar-refractivity contribution is -0.121. The lowest BCUT2D eigenvalue weighted by Crippen LogP contribution is -2.42. The molecule has 0 heterocycles. The highest BCUT2D eigenvalue weighted by Gasteiger charge is 2.29. The Hall–Kier alpha value is -2.67. The molecule has 0 unspecified atom stereocenters. The molecule has 1 amide bonds. The third-order valence-corrected chi connectivity index (χ3v) is 7.97. The highest BCUT2D eigenvalue weighted by Crippen LogP contribution is 2.25. The van der Waals surface area contributed by atoms with E-state index in [-0.39, 0.29) is 30.4 Å². The lowest BCUT2D eigenvalue weighted by Gasteiger charge is -2.24. The van der Waals surface area contributed by atoms with E-state index in [2.05, 4.69) is 5.32 Å². The fraction of sp³-hybridized carbons (Fsp3) is 0.269. The minimum atomic E-state index is -3.89. The van der Waals surface area contributed by atoms with Crippen LogP contribution < -0.4 is 5.32 Å². The van der Waals surface area contributed by atoms with Crippen molar-refractivity contribution in [1.82, 2.24) is 9.62 Å². The number of hydrogen-bond acceptors (Lipinski definition) is 3. The average Bonchev–Trinajstić information content (AvgIpc) is 2.75. The maximum absolute atomic E-state index is 13.7. The third-order valence-electron chi connectivity index (χ3n) is 5.45. The number of amides is 1. The Kier molecular flexibility index (Phi) is 8.30. The number of sulfonamides is 1. The highest BCUT2D eigenvalue weighted by atomic mass is 35.5. The highest BCUT2D eigenvalue weighted by molar-refractivity contribution is 7.89. The molecule has 0 atom stereocenters.